The lowest BCUT2D eigenvalue weighted by Gasteiger charge is -2.18. The molecule has 27 heavy (non-hydrogen) atoms. The third kappa shape index (κ3) is 4.48. The molecular weight excluding hydrogens is 334 g/mol. The molecule has 0 spiro atoms. The normalized spacial score (nSPS) is 12.2. The molecule has 0 saturated carbocycles. The summed E-state index contributed by atoms with van der Waals surface area (Å²) in [6, 6.07) is 20.5. The molecule has 0 bridgehead atoms. The molecule has 140 valence electrons. The molecule has 3 rings (SSSR count). The summed E-state index contributed by atoms with van der Waals surface area (Å²) in [5.41, 5.74) is 3.36. The number of nitrogens with one attached hydrogen (secondary N) is 1. The molecule has 1 unspecified atom stereocenters. The van der Waals surface area contributed by atoms with Crippen LogP contribution in [-0.2, 0) is 4.79 Å². The molecule has 0 saturated heterocycles. The van der Waals surface area contributed by atoms with Crippen LogP contribution in [0.5, 0.6) is 5.75 Å². The van der Waals surface area contributed by atoms with Crippen molar-refractivity contribution in [1.82, 2.24) is 5.32 Å². The molecule has 1 atom stereocenters. The van der Waals surface area contributed by atoms with E-state index in [4.69, 9.17) is 4.74 Å². The Balaban J connectivity index is 1.68. The third-order valence-corrected chi connectivity index (χ3v) is 4.82. The van der Waals surface area contributed by atoms with E-state index in [1.165, 1.54) is 5.39 Å². The van der Waals surface area contributed by atoms with Gasteiger partial charge in [0.1, 0.15) is 5.75 Å². The van der Waals surface area contributed by atoms with Crippen LogP contribution in [0.25, 0.3) is 10.8 Å². The first-order valence-corrected chi connectivity index (χ1v) is 9.46. The first-order valence-electron chi connectivity index (χ1n) is 9.46. The maximum Gasteiger partial charge on any atom is 0.258 e. The molecule has 0 aromatic heterocycles. The minimum Gasteiger partial charge on any atom is -0.483 e. The van der Waals surface area contributed by atoms with Crippen LogP contribution >= 0.6 is 0 Å². The van der Waals surface area contributed by atoms with Gasteiger partial charge >= 0.3 is 0 Å². The molecule has 1 N–H and O–H groups in total. The fourth-order valence-electron chi connectivity index (χ4n) is 3.38. The number of amides is 1. The minimum absolute atomic E-state index is 0.0122. The Kier molecular flexibility index (Phi) is 5.80. The lowest BCUT2D eigenvalue weighted by atomic mass is 10.00. The van der Waals surface area contributed by atoms with Crippen LogP contribution in [0.1, 0.15) is 49.4 Å². The number of hydrogen-bond acceptors (Lipinski definition) is 2. The fraction of sp³-hybridized carbons (Fsp3) is 0.292. The molecule has 0 radical (unpaired) electrons. The summed E-state index contributed by atoms with van der Waals surface area (Å²) in [5, 5.41) is 5.39. The van der Waals surface area contributed by atoms with E-state index in [0.29, 0.717) is 5.92 Å². The van der Waals surface area contributed by atoms with Crippen LogP contribution in [0.2, 0.25) is 0 Å². The van der Waals surface area contributed by atoms with E-state index in [1.54, 1.807) is 0 Å². The fourth-order valence-corrected chi connectivity index (χ4v) is 3.38. The molecular formula is C24H27NO2. The number of rotatable bonds is 6. The zero-order valence-corrected chi connectivity index (χ0v) is 16.5. The molecule has 0 heterocycles. The summed E-state index contributed by atoms with van der Waals surface area (Å²) in [6.45, 7) is 8.30. The second kappa shape index (κ2) is 8.26. The van der Waals surface area contributed by atoms with E-state index in [1.807, 2.05) is 38.1 Å². The van der Waals surface area contributed by atoms with E-state index in [0.717, 1.165) is 27.8 Å². The van der Waals surface area contributed by atoms with Crippen LogP contribution in [-0.4, -0.2) is 12.5 Å². The van der Waals surface area contributed by atoms with Crippen molar-refractivity contribution in [3.8, 4) is 5.75 Å². The van der Waals surface area contributed by atoms with Gasteiger partial charge in [-0.1, -0.05) is 68.4 Å². The summed E-state index contributed by atoms with van der Waals surface area (Å²) in [4.78, 5) is 12.5. The molecule has 0 fully saturated rings. The van der Waals surface area contributed by atoms with E-state index in [-0.39, 0.29) is 18.6 Å². The van der Waals surface area contributed by atoms with Gasteiger partial charge in [-0.2, -0.15) is 0 Å². The molecule has 0 aliphatic rings. The molecule has 1 amide bonds. The highest BCUT2D eigenvalue weighted by Gasteiger charge is 2.14. The van der Waals surface area contributed by atoms with Crippen molar-refractivity contribution in [3.63, 3.8) is 0 Å². The smallest absolute Gasteiger partial charge is 0.258 e. The maximum absolute atomic E-state index is 12.5. The van der Waals surface area contributed by atoms with Gasteiger partial charge in [0.25, 0.3) is 5.91 Å². The van der Waals surface area contributed by atoms with Gasteiger partial charge < -0.3 is 10.1 Å². The van der Waals surface area contributed by atoms with E-state index in [9.17, 15) is 4.79 Å². The lowest BCUT2D eigenvalue weighted by Crippen LogP contribution is -2.31. The van der Waals surface area contributed by atoms with E-state index in [2.05, 4.69) is 55.6 Å². The van der Waals surface area contributed by atoms with Crippen LogP contribution in [0.4, 0.5) is 0 Å². The second-order valence-electron chi connectivity index (χ2n) is 7.34. The van der Waals surface area contributed by atoms with Crippen molar-refractivity contribution in [2.45, 2.75) is 39.7 Å². The Morgan fingerprint density at radius 2 is 1.70 bits per heavy atom. The van der Waals surface area contributed by atoms with Gasteiger partial charge in [0.05, 0.1) is 6.04 Å². The van der Waals surface area contributed by atoms with Gasteiger partial charge in [-0.25, -0.2) is 0 Å². The van der Waals surface area contributed by atoms with E-state index < -0.39 is 0 Å². The number of benzene rings is 3. The van der Waals surface area contributed by atoms with Crippen LogP contribution in [0, 0.1) is 6.92 Å². The number of hydrogen-bond donors (Lipinski definition) is 1. The Hall–Kier alpha value is -2.81. The molecule has 3 nitrogen and oxygen atoms in total. The third-order valence-electron chi connectivity index (χ3n) is 4.82. The number of ether oxygens (including phenoxy) is 1. The zero-order chi connectivity index (χ0) is 19.4. The van der Waals surface area contributed by atoms with Crippen molar-refractivity contribution in [2.24, 2.45) is 0 Å². The first kappa shape index (κ1) is 19.0. The average Bonchev–Trinajstić information content (AvgIpc) is 2.65. The number of aryl methyl sites for hydroxylation is 1. The number of fused-ring (bicyclic) bond motifs is 1. The van der Waals surface area contributed by atoms with Gasteiger partial charge in [0.15, 0.2) is 6.61 Å². The SMILES string of the molecule is Cc1ccc(C(C)C)c(OCC(=O)NC(C)c2cccc3ccccc23)c1. The molecule has 0 aliphatic heterocycles. The molecule has 0 aliphatic carbocycles. The summed E-state index contributed by atoms with van der Waals surface area (Å²) < 4.78 is 5.85. The van der Waals surface area contributed by atoms with Gasteiger partial charge in [0.2, 0.25) is 0 Å². The van der Waals surface area contributed by atoms with Crippen molar-refractivity contribution < 1.29 is 9.53 Å². The highest BCUT2D eigenvalue weighted by atomic mass is 16.5. The standard InChI is InChI=1S/C24H27NO2/c1-16(2)20-13-12-17(3)14-23(20)27-15-24(26)25-18(4)21-11-7-9-19-8-5-6-10-22(19)21/h5-14,16,18H,15H2,1-4H3,(H,25,26). The van der Waals surface area contributed by atoms with Crippen molar-refractivity contribution in [3.05, 3.63) is 77.4 Å². The Labute approximate surface area is 161 Å². The monoisotopic (exact) mass is 361 g/mol. The predicted octanol–water partition coefficient (Wildman–Crippen LogP) is 5.53. The summed E-state index contributed by atoms with van der Waals surface area (Å²) in [5.74, 6) is 1.02. The predicted molar refractivity (Wildman–Crippen MR) is 111 cm³/mol. The minimum atomic E-state index is -0.119. The summed E-state index contributed by atoms with van der Waals surface area (Å²) in [7, 11) is 0. The average molecular weight is 361 g/mol. The van der Waals surface area contributed by atoms with Crippen LogP contribution in [0.3, 0.4) is 0 Å². The van der Waals surface area contributed by atoms with Gasteiger partial charge in [-0.3, -0.25) is 4.79 Å². The van der Waals surface area contributed by atoms with Crippen LogP contribution < -0.4 is 10.1 Å². The second-order valence-corrected chi connectivity index (χ2v) is 7.34. The quantitative estimate of drug-likeness (QED) is 0.627. The number of carbonyl (C=O) groups excluding carboxylic acids is 1. The van der Waals surface area contributed by atoms with Gasteiger partial charge in [-0.15, -0.1) is 0 Å². The Morgan fingerprint density at radius 1 is 0.963 bits per heavy atom. The van der Waals surface area contributed by atoms with Gasteiger partial charge in [-0.05, 0) is 53.3 Å². The molecule has 3 aromatic carbocycles. The lowest BCUT2D eigenvalue weighted by molar-refractivity contribution is -0.123. The summed E-state index contributed by atoms with van der Waals surface area (Å²) in [6.07, 6.45) is 0. The number of carbonyl (C=O) groups is 1. The van der Waals surface area contributed by atoms with Crippen molar-refractivity contribution in [2.75, 3.05) is 6.61 Å². The highest BCUT2D eigenvalue weighted by Crippen LogP contribution is 2.28. The summed E-state index contributed by atoms with van der Waals surface area (Å²) >= 11 is 0. The molecule has 3 heteroatoms. The highest BCUT2D eigenvalue weighted by molar-refractivity contribution is 5.87. The topological polar surface area (TPSA) is 38.3 Å². The maximum atomic E-state index is 12.5. The van der Waals surface area contributed by atoms with E-state index >= 15 is 0 Å². The zero-order valence-electron chi connectivity index (χ0n) is 16.5. The van der Waals surface area contributed by atoms with Crippen molar-refractivity contribution >= 4 is 16.7 Å². The van der Waals surface area contributed by atoms with Gasteiger partial charge in [0, 0.05) is 0 Å². The Bertz CT molecular complexity index is 941. The Morgan fingerprint density at radius 3 is 2.48 bits per heavy atom. The molecule has 3 aromatic rings. The van der Waals surface area contributed by atoms with Crippen molar-refractivity contribution in [1.29, 1.82) is 0 Å². The van der Waals surface area contributed by atoms with Crippen LogP contribution in [0.15, 0.2) is 60.7 Å². The largest absolute Gasteiger partial charge is 0.483 e. The first-order chi connectivity index (χ1) is 13.0.